The number of benzene rings is 2. The molecule has 6 heteroatoms. The van der Waals surface area contributed by atoms with Crippen LogP contribution >= 0.6 is 0 Å². The second-order valence-electron chi connectivity index (χ2n) is 5.48. The van der Waals surface area contributed by atoms with E-state index in [-0.39, 0.29) is 12.1 Å². The minimum atomic E-state index is -0.933. The van der Waals surface area contributed by atoms with Crippen molar-refractivity contribution >= 4 is 11.7 Å². The van der Waals surface area contributed by atoms with Gasteiger partial charge < -0.3 is 9.84 Å². The first kappa shape index (κ1) is 17.5. The zero-order valence-electron chi connectivity index (χ0n) is 13.6. The van der Waals surface area contributed by atoms with Crippen molar-refractivity contribution in [3.63, 3.8) is 0 Å². The molecule has 6 nitrogen and oxygen atoms in total. The smallest absolute Gasteiger partial charge is 0.311 e. The SMILES string of the molecule is CCOc1ccc(C(Cc2ccc([N+](=O)[O-])cc2)C(=O)O)cc1C. The van der Waals surface area contributed by atoms with Crippen LogP contribution in [0.3, 0.4) is 0 Å². The fraction of sp³-hybridized carbons (Fsp3) is 0.278. The number of carboxylic acid groups (broad SMARTS) is 1. The van der Waals surface area contributed by atoms with E-state index in [9.17, 15) is 20.0 Å². The molecule has 1 atom stereocenters. The molecule has 0 spiro atoms. The van der Waals surface area contributed by atoms with Gasteiger partial charge in [-0.1, -0.05) is 24.3 Å². The number of nitro benzene ring substituents is 1. The largest absolute Gasteiger partial charge is 0.494 e. The Morgan fingerprint density at radius 1 is 1.25 bits per heavy atom. The molecule has 0 saturated carbocycles. The first-order chi connectivity index (χ1) is 11.4. The molecule has 0 aromatic heterocycles. The minimum Gasteiger partial charge on any atom is -0.494 e. The van der Waals surface area contributed by atoms with E-state index < -0.39 is 16.8 Å². The van der Waals surface area contributed by atoms with Gasteiger partial charge >= 0.3 is 5.97 Å². The fourth-order valence-corrected chi connectivity index (χ4v) is 2.54. The van der Waals surface area contributed by atoms with E-state index in [0.717, 1.165) is 16.9 Å². The van der Waals surface area contributed by atoms with Crippen molar-refractivity contribution in [2.45, 2.75) is 26.2 Å². The first-order valence-electron chi connectivity index (χ1n) is 7.61. The fourth-order valence-electron chi connectivity index (χ4n) is 2.54. The maximum absolute atomic E-state index is 11.7. The minimum absolute atomic E-state index is 0.0115. The molecule has 0 fully saturated rings. The normalized spacial score (nSPS) is 11.8. The van der Waals surface area contributed by atoms with E-state index in [2.05, 4.69) is 0 Å². The molecule has 1 unspecified atom stereocenters. The molecule has 0 amide bonds. The summed E-state index contributed by atoms with van der Waals surface area (Å²) in [7, 11) is 0. The summed E-state index contributed by atoms with van der Waals surface area (Å²) in [5.41, 5.74) is 2.29. The summed E-state index contributed by atoms with van der Waals surface area (Å²) in [6, 6.07) is 11.3. The molecule has 0 radical (unpaired) electrons. The number of rotatable bonds is 7. The summed E-state index contributed by atoms with van der Waals surface area (Å²) in [5, 5.41) is 20.2. The number of carboxylic acids is 1. The van der Waals surface area contributed by atoms with E-state index in [0.29, 0.717) is 12.2 Å². The number of ether oxygens (including phenoxy) is 1. The lowest BCUT2D eigenvalue weighted by atomic mass is 9.91. The molecule has 2 rings (SSSR count). The summed E-state index contributed by atoms with van der Waals surface area (Å²) in [6.07, 6.45) is 0.265. The van der Waals surface area contributed by atoms with Crippen molar-refractivity contribution in [2.24, 2.45) is 0 Å². The van der Waals surface area contributed by atoms with E-state index >= 15 is 0 Å². The van der Waals surface area contributed by atoms with Crippen LogP contribution in [-0.2, 0) is 11.2 Å². The first-order valence-corrected chi connectivity index (χ1v) is 7.61. The topological polar surface area (TPSA) is 89.7 Å². The molecular weight excluding hydrogens is 310 g/mol. The van der Waals surface area contributed by atoms with Gasteiger partial charge in [0.05, 0.1) is 17.4 Å². The van der Waals surface area contributed by atoms with Gasteiger partial charge in [-0.25, -0.2) is 0 Å². The summed E-state index contributed by atoms with van der Waals surface area (Å²) >= 11 is 0. The molecule has 126 valence electrons. The third-order valence-electron chi connectivity index (χ3n) is 3.79. The Balaban J connectivity index is 2.25. The second-order valence-corrected chi connectivity index (χ2v) is 5.48. The Bertz CT molecular complexity index is 740. The Kier molecular flexibility index (Phi) is 5.52. The Labute approximate surface area is 139 Å². The van der Waals surface area contributed by atoms with Gasteiger partial charge in [-0.2, -0.15) is 0 Å². The van der Waals surface area contributed by atoms with Gasteiger partial charge in [0.1, 0.15) is 5.75 Å². The van der Waals surface area contributed by atoms with Gasteiger partial charge in [0.15, 0.2) is 0 Å². The van der Waals surface area contributed by atoms with Crippen molar-refractivity contribution in [3.05, 3.63) is 69.3 Å². The Morgan fingerprint density at radius 2 is 1.92 bits per heavy atom. The molecule has 0 aliphatic rings. The number of carbonyl (C=O) groups is 1. The molecule has 0 aliphatic carbocycles. The highest BCUT2D eigenvalue weighted by Crippen LogP contribution is 2.27. The lowest BCUT2D eigenvalue weighted by molar-refractivity contribution is -0.384. The van der Waals surface area contributed by atoms with Crippen LogP contribution in [0.4, 0.5) is 5.69 Å². The molecule has 2 aromatic carbocycles. The monoisotopic (exact) mass is 329 g/mol. The van der Waals surface area contributed by atoms with Crippen LogP contribution < -0.4 is 4.74 Å². The van der Waals surface area contributed by atoms with Gasteiger partial charge in [0.25, 0.3) is 5.69 Å². The maximum atomic E-state index is 11.7. The van der Waals surface area contributed by atoms with Crippen LogP contribution in [0.2, 0.25) is 0 Å². The van der Waals surface area contributed by atoms with Gasteiger partial charge in [0.2, 0.25) is 0 Å². The average molecular weight is 329 g/mol. The zero-order chi connectivity index (χ0) is 17.7. The van der Waals surface area contributed by atoms with Gasteiger partial charge in [-0.3, -0.25) is 14.9 Å². The average Bonchev–Trinajstić information content (AvgIpc) is 2.55. The Morgan fingerprint density at radius 3 is 2.42 bits per heavy atom. The number of hydrogen-bond acceptors (Lipinski definition) is 4. The number of non-ortho nitro benzene ring substituents is 1. The van der Waals surface area contributed by atoms with Crippen LogP contribution in [0.15, 0.2) is 42.5 Å². The van der Waals surface area contributed by atoms with Crippen LogP contribution in [0.1, 0.15) is 29.5 Å². The summed E-state index contributed by atoms with van der Waals surface area (Å²) in [4.78, 5) is 21.9. The van der Waals surface area contributed by atoms with Crippen molar-refractivity contribution in [2.75, 3.05) is 6.61 Å². The maximum Gasteiger partial charge on any atom is 0.311 e. The zero-order valence-corrected chi connectivity index (χ0v) is 13.6. The van der Waals surface area contributed by atoms with E-state index in [4.69, 9.17) is 4.74 Å². The van der Waals surface area contributed by atoms with E-state index in [1.165, 1.54) is 12.1 Å². The number of nitrogens with zero attached hydrogens (tertiary/aromatic N) is 1. The van der Waals surface area contributed by atoms with E-state index in [1.54, 1.807) is 24.3 Å². The lowest BCUT2D eigenvalue weighted by Crippen LogP contribution is -2.14. The van der Waals surface area contributed by atoms with Crippen molar-refractivity contribution in [1.29, 1.82) is 0 Å². The standard InChI is InChI=1S/C18H19NO5/c1-3-24-17-9-6-14(10-12(17)2)16(18(20)21)11-13-4-7-15(8-5-13)19(22)23/h4-10,16H,3,11H2,1-2H3,(H,20,21). The van der Waals surface area contributed by atoms with Crippen molar-refractivity contribution in [1.82, 2.24) is 0 Å². The molecule has 0 heterocycles. The Hall–Kier alpha value is -2.89. The van der Waals surface area contributed by atoms with E-state index in [1.807, 2.05) is 19.9 Å². The van der Waals surface area contributed by atoms with Crippen molar-refractivity contribution < 1.29 is 19.6 Å². The molecule has 1 N–H and O–H groups in total. The number of aryl methyl sites for hydroxylation is 1. The predicted molar refractivity (Wildman–Crippen MR) is 89.5 cm³/mol. The third-order valence-corrected chi connectivity index (χ3v) is 3.79. The van der Waals surface area contributed by atoms with Crippen LogP contribution in [-0.4, -0.2) is 22.6 Å². The molecular formula is C18H19NO5. The van der Waals surface area contributed by atoms with Gasteiger partial charge in [-0.05, 0) is 43.0 Å². The third kappa shape index (κ3) is 4.10. The second kappa shape index (κ2) is 7.59. The van der Waals surface area contributed by atoms with Crippen LogP contribution in [0, 0.1) is 17.0 Å². The number of hydrogen-bond donors (Lipinski definition) is 1. The highest BCUT2D eigenvalue weighted by atomic mass is 16.6. The summed E-state index contributed by atoms with van der Waals surface area (Å²) < 4.78 is 5.47. The quantitative estimate of drug-likeness (QED) is 0.618. The molecule has 24 heavy (non-hydrogen) atoms. The molecule has 2 aromatic rings. The van der Waals surface area contributed by atoms with Crippen molar-refractivity contribution in [3.8, 4) is 5.75 Å². The summed E-state index contributed by atoms with van der Waals surface area (Å²) in [5.74, 6) is -0.918. The predicted octanol–water partition coefficient (Wildman–Crippen LogP) is 3.71. The van der Waals surface area contributed by atoms with Crippen LogP contribution in [0.5, 0.6) is 5.75 Å². The lowest BCUT2D eigenvalue weighted by Gasteiger charge is -2.15. The molecule has 0 saturated heterocycles. The highest BCUT2D eigenvalue weighted by molar-refractivity contribution is 5.76. The number of nitro groups is 1. The number of aliphatic carboxylic acids is 1. The van der Waals surface area contributed by atoms with Crippen LogP contribution in [0.25, 0.3) is 0 Å². The van der Waals surface area contributed by atoms with Gasteiger partial charge in [-0.15, -0.1) is 0 Å². The van der Waals surface area contributed by atoms with Gasteiger partial charge in [0, 0.05) is 12.1 Å². The molecule has 0 aliphatic heterocycles. The molecule has 0 bridgehead atoms. The summed E-state index contributed by atoms with van der Waals surface area (Å²) in [6.45, 7) is 4.31. The highest BCUT2D eigenvalue weighted by Gasteiger charge is 2.21.